The van der Waals surface area contributed by atoms with E-state index in [4.69, 9.17) is 9.47 Å². The average Bonchev–Trinajstić information content (AvgIpc) is 2.94. The van der Waals surface area contributed by atoms with E-state index in [9.17, 15) is 9.18 Å². The lowest BCUT2D eigenvalue weighted by molar-refractivity contribution is 0.0391. The van der Waals surface area contributed by atoms with Gasteiger partial charge in [-0.2, -0.15) is 0 Å². The molecule has 0 spiro atoms. The van der Waals surface area contributed by atoms with Gasteiger partial charge in [0.25, 0.3) is 0 Å². The molecule has 0 saturated heterocycles. The molecule has 37 heavy (non-hydrogen) atoms. The highest BCUT2D eigenvalue weighted by molar-refractivity contribution is 5.90. The first-order chi connectivity index (χ1) is 18.1. The van der Waals surface area contributed by atoms with Crippen LogP contribution in [0.5, 0.6) is 5.75 Å². The van der Waals surface area contributed by atoms with Crippen LogP contribution in [-0.2, 0) is 4.74 Å². The van der Waals surface area contributed by atoms with Crippen molar-refractivity contribution in [2.75, 3.05) is 13.2 Å². The average molecular weight is 507 g/mol. The van der Waals surface area contributed by atoms with Crippen LogP contribution in [0.15, 0.2) is 60.9 Å². The highest BCUT2D eigenvalue weighted by Crippen LogP contribution is 2.24. The highest BCUT2D eigenvalue weighted by Gasteiger charge is 2.12. The van der Waals surface area contributed by atoms with Crippen molar-refractivity contribution in [2.24, 2.45) is 0 Å². The van der Waals surface area contributed by atoms with E-state index >= 15 is 0 Å². The molecule has 0 bridgehead atoms. The molecule has 1 unspecified atom stereocenters. The number of halogens is 1. The Labute approximate surface area is 220 Å². The van der Waals surface area contributed by atoms with Crippen LogP contribution in [0.25, 0.3) is 22.5 Å². The molecule has 0 amide bonds. The van der Waals surface area contributed by atoms with Crippen molar-refractivity contribution >= 4 is 5.97 Å². The topological polar surface area (TPSA) is 61.3 Å². The minimum absolute atomic E-state index is 0.204. The van der Waals surface area contributed by atoms with E-state index in [0.29, 0.717) is 30.2 Å². The maximum Gasteiger partial charge on any atom is 0.338 e. The summed E-state index contributed by atoms with van der Waals surface area (Å²) in [6, 6.07) is 15.1. The summed E-state index contributed by atoms with van der Waals surface area (Å²) in [5.41, 5.74) is 3.29. The second kappa shape index (κ2) is 15.7. The van der Waals surface area contributed by atoms with E-state index in [-0.39, 0.29) is 6.61 Å². The summed E-state index contributed by atoms with van der Waals surface area (Å²) in [5, 5.41) is 0. The molecule has 6 heteroatoms. The number of carbonyl (C=O) groups is 1. The number of hydrogen-bond donors (Lipinski definition) is 0. The monoisotopic (exact) mass is 506 g/mol. The molecule has 5 nitrogen and oxygen atoms in total. The molecular weight excluding hydrogens is 467 g/mol. The number of carbonyl (C=O) groups excluding carboxylic acids is 1. The number of aromatic nitrogens is 2. The van der Waals surface area contributed by atoms with Crippen molar-refractivity contribution in [3.63, 3.8) is 0 Å². The molecule has 0 aliphatic carbocycles. The summed E-state index contributed by atoms with van der Waals surface area (Å²) in [6.07, 6.45) is 12.2. The van der Waals surface area contributed by atoms with Crippen molar-refractivity contribution in [3.05, 3.63) is 66.5 Å². The summed E-state index contributed by atoms with van der Waals surface area (Å²) >= 11 is 0. The SMILES string of the molecule is CCCCCCCCCOc1cnc(-c2ccc(-c3ccc(C(=O)OCC(F)CCC)cc3)cc2)nc1. The van der Waals surface area contributed by atoms with E-state index < -0.39 is 12.1 Å². The van der Waals surface area contributed by atoms with Gasteiger partial charge in [-0.1, -0.05) is 95.2 Å². The maximum atomic E-state index is 13.6. The third-order valence-electron chi connectivity index (χ3n) is 6.24. The zero-order valence-electron chi connectivity index (χ0n) is 22.1. The van der Waals surface area contributed by atoms with Gasteiger partial charge in [0.05, 0.1) is 24.6 Å². The highest BCUT2D eigenvalue weighted by atomic mass is 19.1. The predicted octanol–water partition coefficient (Wildman–Crippen LogP) is 8.24. The zero-order valence-corrected chi connectivity index (χ0v) is 22.1. The van der Waals surface area contributed by atoms with E-state index in [1.807, 2.05) is 43.3 Å². The number of unbranched alkanes of at least 4 members (excludes halogenated alkanes) is 6. The lowest BCUT2D eigenvalue weighted by Crippen LogP contribution is -2.14. The van der Waals surface area contributed by atoms with Gasteiger partial charge in [-0.15, -0.1) is 0 Å². The van der Waals surface area contributed by atoms with Gasteiger partial charge in [0.15, 0.2) is 11.6 Å². The number of alkyl halides is 1. The van der Waals surface area contributed by atoms with E-state index in [1.165, 1.54) is 38.5 Å². The summed E-state index contributed by atoms with van der Waals surface area (Å²) < 4.78 is 24.4. The van der Waals surface area contributed by atoms with Crippen molar-refractivity contribution < 1.29 is 18.7 Å². The fraction of sp³-hybridized carbons (Fsp3) is 0.452. The van der Waals surface area contributed by atoms with Crippen LogP contribution in [0.4, 0.5) is 4.39 Å². The van der Waals surface area contributed by atoms with Crippen LogP contribution in [0.2, 0.25) is 0 Å². The molecule has 1 heterocycles. The lowest BCUT2D eigenvalue weighted by Gasteiger charge is -2.09. The number of nitrogens with zero attached hydrogens (tertiary/aromatic N) is 2. The van der Waals surface area contributed by atoms with Crippen molar-refractivity contribution in [1.82, 2.24) is 9.97 Å². The normalized spacial score (nSPS) is 11.8. The zero-order chi connectivity index (χ0) is 26.3. The molecule has 2 aromatic carbocycles. The fourth-order valence-corrected chi connectivity index (χ4v) is 4.05. The number of esters is 1. The first-order valence-electron chi connectivity index (χ1n) is 13.6. The molecule has 0 aliphatic rings. The number of rotatable bonds is 16. The number of ether oxygens (including phenoxy) is 2. The van der Waals surface area contributed by atoms with Gasteiger partial charge < -0.3 is 9.47 Å². The van der Waals surface area contributed by atoms with Crippen LogP contribution < -0.4 is 4.74 Å². The largest absolute Gasteiger partial charge is 0.490 e. The number of benzene rings is 2. The quantitative estimate of drug-likeness (QED) is 0.145. The molecule has 0 saturated carbocycles. The minimum atomic E-state index is -1.12. The Morgan fingerprint density at radius 2 is 1.35 bits per heavy atom. The maximum absolute atomic E-state index is 13.6. The molecule has 198 valence electrons. The molecule has 0 radical (unpaired) electrons. The van der Waals surface area contributed by atoms with Crippen LogP contribution in [-0.4, -0.2) is 35.3 Å². The van der Waals surface area contributed by atoms with Crippen molar-refractivity contribution in [1.29, 1.82) is 0 Å². The second-order valence-electron chi connectivity index (χ2n) is 9.35. The van der Waals surface area contributed by atoms with Crippen LogP contribution in [0.3, 0.4) is 0 Å². The minimum Gasteiger partial charge on any atom is -0.490 e. The predicted molar refractivity (Wildman–Crippen MR) is 146 cm³/mol. The fourth-order valence-electron chi connectivity index (χ4n) is 4.05. The molecule has 1 aromatic heterocycles. The first kappa shape index (κ1) is 28.3. The van der Waals surface area contributed by atoms with Gasteiger partial charge in [0, 0.05) is 5.56 Å². The standard InChI is InChI=1S/C31H39FN2O3/c1-3-5-6-7-8-9-10-20-36-29-21-33-30(34-22-29)26-16-12-24(13-17-26)25-14-18-27(19-15-25)31(35)37-23-28(32)11-4-2/h12-19,21-22,28H,3-11,20,23H2,1-2H3. The Bertz CT molecular complexity index is 1050. The van der Waals surface area contributed by atoms with Gasteiger partial charge >= 0.3 is 5.97 Å². The molecule has 0 fully saturated rings. The van der Waals surface area contributed by atoms with Crippen molar-refractivity contribution in [2.45, 2.75) is 77.8 Å². The van der Waals surface area contributed by atoms with E-state index in [0.717, 1.165) is 29.5 Å². The van der Waals surface area contributed by atoms with Crippen molar-refractivity contribution in [3.8, 4) is 28.3 Å². The van der Waals surface area contributed by atoms with Crippen LogP contribution in [0, 0.1) is 0 Å². The summed E-state index contributed by atoms with van der Waals surface area (Å²) in [5.74, 6) is 0.826. The summed E-state index contributed by atoms with van der Waals surface area (Å²) in [6.45, 7) is 4.62. The smallest absolute Gasteiger partial charge is 0.338 e. The Kier molecular flexibility index (Phi) is 12.0. The third-order valence-corrected chi connectivity index (χ3v) is 6.24. The van der Waals surface area contributed by atoms with Crippen LogP contribution in [0.1, 0.15) is 82.0 Å². The van der Waals surface area contributed by atoms with E-state index in [2.05, 4.69) is 16.9 Å². The molecule has 3 aromatic rings. The Morgan fingerprint density at radius 3 is 1.97 bits per heavy atom. The molecular formula is C31H39FN2O3. The molecule has 3 rings (SSSR count). The molecule has 0 aliphatic heterocycles. The Balaban J connectivity index is 1.47. The summed E-state index contributed by atoms with van der Waals surface area (Å²) in [7, 11) is 0. The van der Waals surface area contributed by atoms with Crippen LogP contribution >= 0.6 is 0 Å². The van der Waals surface area contributed by atoms with E-state index in [1.54, 1.807) is 24.5 Å². The van der Waals surface area contributed by atoms with Gasteiger partial charge in [0.2, 0.25) is 0 Å². The van der Waals surface area contributed by atoms with Gasteiger partial charge in [-0.25, -0.2) is 19.2 Å². The van der Waals surface area contributed by atoms with Gasteiger partial charge in [-0.3, -0.25) is 0 Å². The Hall–Kier alpha value is -3.28. The molecule has 0 N–H and O–H groups in total. The second-order valence-corrected chi connectivity index (χ2v) is 9.35. The first-order valence-corrected chi connectivity index (χ1v) is 13.6. The number of hydrogen-bond acceptors (Lipinski definition) is 5. The van der Waals surface area contributed by atoms with Gasteiger partial charge in [-0.05, 0) is 36.1 Å². The third kappa shape index (κ3) is 9.60. The van der Waals surface area contributed by atoms with Gasteiger partial charge in [0.1, 0.15) is 12.8 Å². The lowest BCUT2D eigenvalue weighted by atomic mass is 10.0. The molecule has 1 atom stereocenters. The Morgan fingerprint density at radius 1 is 0.784 bits per heavy atom. The summed E-state index contributed by atoms with van der Waals surface area (Å²) in [4.78, 5) is 21.1.